The van der Waals surface area contributed by atoms with E-state index in [1.807, 2.05) is 0 Å². The maximum atomic E-state index is 13.4. The summed E-state index contributed by atoms with van der Waals surface area (Å²) in [7, 11) is -10.7. The van der Waals surface area contributed by atoms with Crippen LogP contribution >= 0.6 is 23.3 Å². The molecule has 0 atom stereocenters. The molecule has 0 aromatic carbocycles. The van der Waals surface area contributed by atoms with Gasteiger partial charge in [0.05, 0.1) is 57.3 Å². The van der Waals surface area contributed by atoms with Crippen molar-refractivity contribution in [1.82, 2.24) is 10.2 Å². The second-order valence-corrected chi connectivity index (χ2v) is 11.4. The lowest BCUT2D eigenvalue weighted by Crippen LogP contribution is -2.64. The Balaban J connectivity index is 1.51. The summed E-state index contributed by atoms with van der Waals surface area (Å²) < 4.78 is 73.0. The first-order valence-corrected chi connectivity index (χ1v) is 12.2. The molecule has 0 aromatic rings. The van der Waals surface area contributed by atoms with E-state index in [2.05, 4.69) is 10.2 Å². The van der Waals surface area contributed by atoms with Gasteiger partial charge in [-0.25, -0.2) is 19.3 Å². The van der Waals surface area contributed by atoms with Crippen LogP contribution in [0.4, 0.5) is 0 Å². The van der Waals surface area contributed by atoms with Gasteiger partial charge in [-0.2, -0.15) is 0 Å². The van der Waals surface area contributed by atoms with Crippen LogP contribution in [0.25, 0.3) is 0 Å². The summed E-state index contributed by atoms with van der Waals surface area (Å²) in [6, 6.07) is 0. The Morgan fingerprint density at radius 1 is 0.840 bits per heavy atom. The lowest BCUT2D eigenvalue weighted by molar-refractivity contribution is -0.0624. The summed E-state index contributed by atoms with van der Waals surface area (Å²) in [4.78, 5) is 0. The van der Waals surface area contributed by atoms with Crippen LogP contribution in [0.5, 0.6) is 0 Å². The van der Waals surface area contributed by atoms with E-state index in [0.29, 0.717) is 0 Å². The Morgan fingerprint density at radius 2 is 1.16 bits per heavy atom. The zero-order chi connectivity index (χ0) is 17.8. The number of hydrogen-bond acceptors (Lipinski definition) is 10. The summed E-state index contributed by atoms with van der Waals surface area (Å²) in [5, 5.41) is 5.75. The van der Waals surface area contributed by atoms with Gasteiger partial charge in [0, 0.05) is 0 Å². The number of fused-ring (bicyclic) bond motifs is 6. The van der Waals surface area contributed by atoms with Gasteiger partial charge in [-0.1, -0.05) is 0 Å². The molecule has 6 rings (SSSR count). The van der Waals surface area contributed by atoms with Gasteiger partial charge in [-0.05, 0) is 6.92 Å². The van der Waals surface area contributed by atoms with Crippen LogP contribution in [0.15, 0.2) is 0 Å². The maximum Gasteiger partial charge on any atom is 0.474 e. The number of phosphoric ester groups is 2. The average Bonchev–Trinajstić information content (AvgIpc) is 2.58. The lowest BCUT2D eigenvalue weighted by Gasteiger charge is -2.48. The largest absolute Gasteiger partial charge is 0.474 e. The quantitative estimate of drug-likeness (QED) is 0.596. The van der Waals surface area contributed by atoms with E-state index in [-0.39, 0.29) is 46.2 Å². The van der Waals surface area contributed by atoms with Crippen molar-refractivity contribution in [2.75, 3.05) is 46.2 Å². The standard InChI is InChI=1S/C10H19N2O10P3/c1-2-16-23(13,11-9-3-17-24(14,18-4-9)19-5-9)12-10-6-20-25(15,21-7-10)22-8-10/h2-8H2,1H3,(H2,11,12,13). The predicted molar refractivity (Wildman–Crippen MR) is 81.9 cm³/mol. The summed E-state index contributed by atoms with van der Waals surface area (Å²) >= 11 is 0. The van der Waals surface area contributed by atoms with Crippen LogP contribution in [-0.2, 0) is 45.4 Å². The Hall–Kier alpha value is 0.330. The minimum absolute atomic E-state index is 0.00523. The molecule has 6 aliphatic rings. The van der Waals surface area contributed by atoms with E-state index < -0.39 is 34.4 Å². The van der Waals surface area contributed by atoms with Crippen molar-refractivity contribution in [2.45, 2.75) is 18.0 Å². The molecule has 0 saturated carbocycles. The van der Waals surface area contributed by atoms with E-state index in [4.69, 9.17) is 31.7 Å². The van der Waals surface area contributed by atoms with E-state index >= 15 is 0 Å². The average molecular weight is 420 g/mol. The summed E-state index contributed by atoms with van der Waals surface area (Å²) in [5.41, 5.74) is -1.97. The molecule has 0 amide bonds. The first kappa shape index (κ1) is 18.7. The summed E-state index contributed by atoms with van der Waals surface area (Å²) in [5.74, 6) is 0. The van der Waals surface area contributed by atoms with Crippen LogP contribution in [-0.4, -0.2) is 57.3 Å². The van der Waals surface area contributed by atoms with Gasteiger partial charge in [0.1, 0.15) is 0 Å². The number of nitrogens with one attached hydrogen (secondary N) is 2. The third-order valence-corrected chi connectivity index (χ3v) is 8.90. The Bertz CT molecular complexity index is 586. The highest BCUT2D eigenvalue weighted by atomic mass is 31.2. The smallest absolute Gasteiger partial charge is 0.306 e. The van der Waals surface area contributed by atoms with Crippen LogP contribution in [0.3, 0.4) is 0 Å². The maximum absolute atomic E-state index is 13.4. The molecule has 15 heteroatoms. The molecule has 6 aliphatic heterocycles. The van der Waals surface area contributed by atoms with Crippen LogP contribution < -0.4 is 10.2 Å². The Labute approximate surface area is 143 Å². The normalized spacial score (nSPS) is 48.4. The summed E-state index contributed by atoms with van der Waals surface area (Å²) in [6.07, 6.45) is 0. The topological polar surface area (TPSA) is 140 Å². The first-order valence-electron chi connectivity index (χ1n) is 7.62. The highest BCUT2D eigenvalue weighted by Gasteiger charge is 2.57. The Kier molecular flexibility index (Phi) is 4.61. The van der Waals surface area contributed by atoms with Crippen molar-refractivity contribution >= 4 is 23.3 Å². The van der Waals surface area contributed by atoms with Crippen molar-refractivity contribution in [2.24, 2.45) is 0 Å². The molecular weight excluding hydrogens is 401 g/mol. The molecule has 0 aliphatic carbocycles. The van der Waals surface area contributed by atoms with E-state index in [1.165, 1.54) is 0 Å². The third kappa shape index (κ3) is 3.57. The number of hydrogen-bond donors (Lipinski definition) is 2. The zero-order valence-corrected chi connectivity index (χ0v) is 16.1. The highest BCUT2D eigenvalue weighted by molar-refractivity contribution is 7.55. The molecule has 0 radical (unpaired) electrons. The second-order valence-electron chi connectivity index (χ2n) is 6.29. The molecule has 4 bridgehead atoms. The minimum atomic E-state index is -3.67. The molecule has 144 valence electrons. The molecule has 2 N–H and O–H groups in total. The van der Waals surface area contributed by atoms with Crippen molar-refractivity contribution in [3.8, 4) is 0 Å². The van der Waals surface area contributed by atoms with E-state index in [0.717, 1.165) is 0 Å². The van der Waals surface area contributed by atoms with Crippen LogP contribution in [0.2, 0.25) is 0 Å². The molecule has 0 spiro atoms. The second kappa shape index (κ2) is 6.17. The van der Waals surface area contributed by atoms with Gasteiger partial charge in [-0.15, -0.1) is 0 Å². The highest BCUT2D eigenvalue weighted by Crippen LogP contribution is 2.61. The fourth-order valence-corrected chi connectivity index (χ4v) is 7.85. The van der Waals surface area contributed by atoms with Crippen LogP contribution in [0.1, 0.15) is 6.92 Å². The third-order valence-electron chi connectivity index (χ3n) is 4.07. The fraction of sp³-hybridized carbons (Fsp3) is 1.00. The van der Waals surface area contributed by atoms with Gasteiger partial charge < -0.3 is 4.52 Å². The predicted octanol–water partition coefficient (Wildman–Crippen LogP) is 1.16. The fourth-order valence-electron chi connectivity index (χ4n) is 2.78. The lowest BCUT2D eigenvalue weighted by atomic mass is 10.1. The number of rotatable bonds is 6. The van der Waals surface area contributed by atoms with Gasteiger partial charge in [-0.3, -0.25) is 31.7 Å². The van der Waals surface area contributed by atoms with Gasteiger partial charge >= 0.3 is 23.3 Å². The zero-order valence-electron chi connectivity index (χ0n) is 13.4. The number of phosphoric acid groups is 2. The monoisotopic (exact) mass is 420 g/mol. The van der Waals surface area contributed by atoms with Crippen LogP contribution in [0, 0.1) is 0 Å². The van der Waals surface area contributed by atoms with Gasteiger partial charge in [0.25, 0.3) is 0 Å². The molecule has 0 aromatic heterocycles. The first-order chi connectivity index (χ1) is 11.7. The molecule has 12 nitrogen and oxygen atoms in total. The Morgan fingerprint density at radius 3 is 1.44 bits per heavy atom. The molecule has 6 saturated heterocycles. The summed E-state index contributed by atoms with van der Waals surface area (Å²) in [6.45, 7) is 1.80. The molecule has 25 heavy (non-hydrogen) atoms. The van der Waals surface area contributed by atoms with Crippen molar-refractivity contribution in [1.29, 1.82) is 0 Å². The van der Waals surface area contributed by atoms with Crippen molar-refractivity contribution in [3.63, 3.8) is 0 Å². The van der Waals surface area contributed by atoms with Gasteiger partial charge in [0.15, 0.2) is 0 Å². The minimum Gasteiger partial charge on any atom is -0.306 e. The molecule has 6 fully saturated rings. The van der Waals surface area contributed by atoms with E-state index in [1.54, 1.807) is 6.92 Å². The van der Waals surface area contributed by atoms with E-state index in [9.17, 15) is 13.7 Å². The molecule has 0 unspecified atom stereocenters. The molecule has 6 heterocycles. The van der Waals surface area contributed by atoms with Gasteiger partial charge in [0.2, 0.25) is 0 Å². The molecular formula is C10H19N2O10P3. The SMILES string of the molecule is CCOP(=O)(NC12COP(=O)(OC1)OC2)NC12COP(=O)(OC1)OC2. The van der Waals surface area contributed by atoms with Crippen molar-refractivity contribution < 1.29 is 45.4 Å². The van der Waals surface area contributed by atoms with Crippen molar-refractivity contribution in [3.05, 3.63) is 0 Å².